The summed E-state index contributed by atoms with van der Waals surface area (Å²) in [7, 11) is 0. The van der Waals surface area contributed by atoms with Crippen LogP contribution in [0.25, 0.3) is 0 Å². The van der Waals surface area contributed by atoms with Crippen LogP contribution in [0.4, 0.5) is 4.79 Å². The largest absolute Gasteiger partial charge is 0.488 e. The number of carbonyl (C=O) groups is 2. The van der Waals surface area contributed by atoms with Gasteiger partial charge in [0.2, 0.25) is 0 Å². The first-order valence-corrected chi connectivity index (χ1v) is 9.70. The normalized spacial score (nSPS) is 11.0. The average Bonchev–Trinajstić information content (AvgIpc) is 2.66. The van der Waals surface area contributed by atoms with Crippen LogP contribution < -0.4 is 4.74 Å². The molecule has 0 aliphatic heterocycles. The van der Waals surface area contributed by atoms with Crippen molar-refractivity contribution in [3.05, 3.63) is 65.2 Å². The lowest BCUT2D eigenvalue weighted by Gasteiger charge is -2.27. The highest BCUT2D eigenvalue weighted by atomic mass is 16.6. The molecule has 2 aromatic rings. The molecule has 2 aromatic carbocycles. The average molecular weight is 399 g/mol. The van der Waals surface area contributed by atoms with Gasteiger partial charge in [0, 0.05) is 13.1 Å². The quantitative estimate of drug-likeness (QED) is 0.667. The van der Waals surface area contributed by atoms with Crippen LogP contribution in [-0.2, 0) is 17.9 Å². The van der Waals surface area contributed by atoms with Crippen molar-refractivity contribution < 1.29 is 24.2 Å². The van der Waals surface area contributed by atoms with Crippen LogP contribution in [0.15, 0.2) is 48.5 Å². The topological polar surface area (TPSA) is 76.1 Å². The molecule has 6 heteroatoms. The van der Waals surface area contributed by atoms with Gasteiger partial charge in [-0.3, -0.25) is 0 Å². The molecule has 0 aromatic heterocycles. The molecule has 0 unspecified atom stereocenters. The lowest BCUT2D eigenvalue weighted by molar-refractivity contribution is 0.0233. The summed E-state index contributed by atoms with van der Waals surface area (Å²) < 4.78 is 11.2. The molecule has 1 amide bonds. The summed E-state index contributed by atoms with van der Waals surface area (Å²) in [5, 5.41) is 9.60. The number of nitrogens with zero attached hydrogens (tertiary/aromatic N) is 1. The monoisotopic (exact) mass is 399 g/mol. The summed E-state index contributed by atoms with van der Waals surface area (Å²) in [5.41, 5.74) is 1.13. The Kier molecular flexibility index (Phi) is 7.65. The molecule has 0 bridgehead atoms. The van der Waals surface area contributed by atoms with Crippen molar-refractivity contribution in [2.24, 2.45) is 0 Å². The molecule has 0 aliphatic rings. The van der Waals surface area contributed by atoms with Crippen LogP contribution in [0, 0.1) is 0 Å². The number of ether oxygens (including phenoxy) is 2. The molecule has 0 heterocycles. The molecule has 29 heavy (non-hydrogen) atoms. The summed E-state index contributed by atoms with van der Waals surface area (Å²) in [4.78, 5) is 25.8. The Labute approximate surface area is 172 Å². The zero-order valence-electron chi connectivity index (χ0n) is 17.5. The van der Waals surface area contributed by atoms with E-state index in [1.165, 1.54) is 0 Å². The fourth-order valence-corrected chi connectivity index (χ4v) is 2.76. The number of hydrogen-bond acceptors (Lipinski definition) is 4. The van der Waals surface area contributed by atoms with E-state index in [9.17, 15) is 14.7 Å². The second kappa shape index (κ2) is 9.96. The van der Waals surface area contributed by atoms with Crippen molar-refractivity contribution >= 4 is 12.1 Å². The lowest BCUT2D eigenvalue weighted by atomic mass is 10.1. The lowest BCUT2D eigenvalue weighted by Crippen LogP contribution is -2.36. The smallest absolute Gasteiger partial charge is 0.410 e. The number of carboxylic acids is 1. The van der Waals surface area contributed by atoms with Gasteiger partial charge < -0.3 is 19.5 Å². The zero-order valence-corrected chi connectivity index (χ0v) is 17.5. The predicted octanol–water partition coefficient (Wildman–Crippen LogP) is 5.11. The highest BCUT2D eigenvalue weighted by Gasteiger charge is 2.22. The van der Waals surface area contributed by atoms with E-state index in [4.69, 9.17) is 9.47 Å². The second-order valence-corrected chi connectivity index (χ2v) is 7.81. The van der Waals surface area contributed by atoms with E-state index >= 15 is 0 Å². The van der Waals surface area contributed by atoms with E-state index in [-0.39, 0.29) is 18.7 Å². The van der Waals surface area contributed by atoms with Gasteiger partial charge in [0.1, 0.15) is 23.5 Å². The van der Waals surface area contributed by atoms with Gasteiger partial charge in [-0.15, -0.1) is 0 Å². The number of hydrogen-bond donors (Lipinski definition) is 1. The predicted molar refractivity (Wildman–Crippen MR) is 111 cm³/mol. The Bertz CT molecular complexity index is 827. The van der Waals surface area contributed by atoms with Gasteiger partial charge in [0.15, 0.2) is 0 Å². The Morgan fingerprint density at radius 3 is 2.31 bits per heavy atom. The fraction of sp³-hybridized carbons (Fsp3) is 0.391. The highest BCUT2D eigenvalue weighted by molar-refractivity contribution is 5.91. The molecule has 1 N–H and O–H groups in total. The molecular formula is C23H29NO5. The molecule has 0 radical (unpaired) electrons. The van der Waals surface area contributed by atoms with E-state index in [0.717, 1.165) is 12.0 Å². The number of carbonyl (C=O) groups excluding carboxylic acids is 1. The first-order valence-electron chi connectivity index (χ1n) is 9.70. The summed E-state index contributed by atoms with van der Waals surface area (Å²) in [6, 6.07) is 14.5. The van der Waals surface area contributed by atoms with Gasteiger partial charge in [-0.2, -0.15) is 0 Å². The Hall–Kier alpha value is -3.02. The maximum Gasteiger partial charge on any atom is 0.410 e. The van der Waals surface area contributed by atoms with Gasteiger partial charge >= 0.3 is 12.1 Å². The second-order valence-electron chi connectivity index (χ2n) is 7.81. The van der Waals surface area contributed by atoms with Crippen LogP contribution in [0.5, 0.6) is 5.75 Å². The van der Waals surface area contributed by atoms with E-state index in [1.54, 1.807) is 23.1 Å². The number of rotatable bonds is 8. The third-order valence-corrected chi connectivity index (χ3v) is 4.03. The van der Waals surface area contributed by atoms with Gasteiger partial charge in [0.05, 0.1) is 0 Å². The number of aromatic carboxylic acids is 1. The van der Waals surface area contributed by atoms with Gasteiger partial charge in [-0.1, -0.05) is 43.3 Å². The van der Waals surface area contributed by atoms with Crippen molar-refractivity contribution in [1.82, 2.24) is 4.90 Å². The third-order valence-electron chi connectivity index (χ3n) is 4.03. The molecule has 156 valence electrons. The van der Waals surface area contributed by atoms with E-state index in [1.807, 2.05) is 58.0 Å². The molecule has 0 saturated carbocycles. The first kappa shape index (κ1) is 22.3. The molecule has 0 atom stereocenters. The molecule has 0 aliphatic carbocycles. The highest BCUT2D eigenvalue weighted by Crippen LogP contribution is 2.23. The van der Waals surface area contributed by atoms with Crippen LogP contribution in [-0.4, -0.2) is 34.2 Å². The van der Waals surface area contributed by atoms with Gasteiger partial charge in [-0.25, -0.2) is 9.59 Å². The van der Waals surface area contributed by atoms with Crippen molar-refractivity contribution in [1.29, 1.82) is 0 Å². The number of amides is 1. The Morgan fingerprint density at radius 2 is 1.72 bits per heavy atom. The number of benzene rings is 2. The maximum absolute atomic E-state index is 12.5. The van der Waals surface area contributed by atoms with Gasteiger partial charge in [-0.05, 0) is 50.5 Å². The number of carboxylic acid groups (broad SMARTS) is 1. The van der Waals surface area contributed by atoms with Crippen molar-refractivity contribution in [3.63, 3.8) is 0 Å². The maximum atomic E-state index is 12.5. The van der Waals surface area contributed by atoms with Crippen LogP contribution in [0.3, 0.4) is 0 Å². The first-order chi connectivity index (χ1) is 13.7. The van der Waals surface area contributed by atoms with Crippen LogP contribution in [0.2, 0.25) is 0 Å². The van der Waals surface area contributed by atoms with E-state index < -0.39 is 17.7 Å². The molecule has 2 rings (SSSR count). The Morgan fingerprint density at radius 1 is 1.03 bits per heavy atom. The summed E-state index contributed by atoms with van der Waals surface area (Å²) >= 11 is 0. The summed E-state index contributed by atoms with van der Waals surface area (Å²) in [6.45, 7) is 8.48. The third kappa shape index (κ3) is 7.14. The van der Waals surface area contributed by atoms with Crippen LogP contribution in [0.1, 0.15) is 55.6 Å². The molecule has 0 spiro atoms. The van der Waals surface area contributed by atoms with Crippen molar-refractivity contribution in [3.8, 4) is 5.75 Å². The SMILES string of the molecule is CCCN(Cc1ccc(OCc2ccccc2)c(C(=O)O)c1)C(=O)OC(C)(C)C. The molecule has 0 fully saturated rings. The minimum Gasteiger partial charge on any atom is -0.488 e. The molecule has 0 saturated heterocycles. The Balaban J connectivity index is 2.16. The van der Waals surface area contributed by atoms with Crippen molar-refractivity contribution in [2.75, 3.05) is 6.54 Å². The minimum atomic E-state index is -1.07. The van der Waals surface area contributed by atoms with Crippen LogP contribution >= 0.6 is 0 Å². The fourth-order valence-electron chi connectivity index (χ4n) is 2.76. The van der Waals surface area contributed by atoms with E-state index in [0.29, 0.717) is 17.9 Å². The molecule has 6 nitrogen and oxygen atoms in total. The zero-order chi connectivity index (χ0) is 21.4. The minimum absolute atomic E-state index is 0.0686. The standard InChI is InChI=1S/C23H29NO5/c1-5-13-24(22(27)29-23(2,3)4)15-18-11-12-20(19(14-18)21(25)26)28-16-17-9-7-6-8-10-17/h6-12,14H,5,13,15-16H2,1-4H3,(H,25,26). The summed E-state index contributed by atoms with van der Waals surface area (Å²) in [6.07, 6.45) is 0.351. The van der Waals surface area contributed by atoms with Gasteiger partial charge in [0.25, 0.3) is 0 Å². The van der Waals surface area contributed by atoms with E-state index in [2.05, 4.69) is 0 Å². The van der Waals surface area contributed by atoms with Crippen molar-refractivity contribution in [2.45, 2.75) is 52.9 Å². The molecular weight excluding hydrogens is 370 g/mol. The summed E-state index contributed by atoms with van der Waals surface area (Å²) in [5.74, 6) is -0.779.